The van der Waals surface area contributed by atoms with Crippen LogP contribution in [0, 0.1) is 0 Å². The molecule has 2 aromatic rings. The van der Waals surface area contributed by atoms with Crippen molar-refractivity contribution in [3.05, 3.63) is 51.5 Å². The monoisotopic (exact) mass is 539 g/mol. The van der Waals surface area contributed by atoms with Gasteiger partial charge in [0.05, 0.1) is 24.1 Å². The van der Waals surface area contributed by atoms with Gasteiger partial charge in [-0.2, -0.15) is 31.4 Å². The molecule has 1 aliphatic heterocycles. The number of aromatic amines is 1. The minimum absolute atomic E-state index is 0.0333. The Morgan fingerprint density at radius 1 is 1.11 bits per heavy atom. The second kappa shape index (κ2) is 11.1. The van der Waals surface area contributed by atoms with E-state index in [0.29, 0.717) is 12.4 Å². The molecule has 37 heavy (non-hydrogen) atoms. The zero-order valence-electron chi connectivity index (χ0n) is 19.0. The normalized spacial score (nSPS) is 15.4. The first kappa shape index (κ1) is 27.8. The molecule has 3 rings (SSSR count). The van der Waals surface area contributed by atoms with Gasteiger partial charge < -0.3 is 10.2 Å². The highest BCUT2D eigenvalue weighted by Gasteiger charge is 2.37. The number of carbonyl (C=O) groups excluding carboxylic acids is 1. The van der Waals surface area contributed by atoms with Crippen molar-refractivity contribution in [3.8, 4) is 0 Å². The molecule has 0 aromatic carbocycles. The van der Waals surface area contributed by atoms with Gasteiger partial charge in [0.15, 0.2) is 5.83 Å². The summed E-state index contributed by atoms with van der Waals surface area (Å²) in [6.07, 6.45) is -7.33. The van der Waals surface area contributed by atoms with Crippen LogP contribution in [0.4, 0.5) is 42.4 Å². The van der Waals surface area contributed by atoms with Crippen molar-refractivity contribution in [2.24, 2.45) is 0 Å². The molecule has 10 nitrogen and oxygen atoms in total. The van der Waals surface area contributed by atoms with E-state index in [9.17, 15) is 40.3 Å². The molecule has 3 N–H and O–H groups in total. The average molecular weight is 539 g/mol. The van der Waals surface area contributed by atoms with E-state index < -0.39 is 59.1 Å². The summed E-state index contributed by atoms with van der Waals surface area (Å²) in [7, 11) is 0. The number of hydrogen-bond donors (Lipinski definition) is 3. The van der Waals surface area contributed by atoms with Crippen LogP contribution in [0.2, 0.25) is 0 Å². The molecule has 1 atom stereocenters. The van der Waals surface area contributed by atoms with Gasteiger partial charge in [0.25, 0.3) is 5.56 Å². The van der Waals surface area contributed by atoms with Crippen LogP contribution in [-0.4, -0.2) is 51.8 Å². The van der Waals surface area contributed by atoms with Crippen molar-refractivity contribution in [1.82, 2.24) is 25.6 Å². The molecule has 0 unspecified atom stereocenters. The Bertz CT molecular complexity index is 1190. The molecule has 3 heterocycles. The molecule has 1 aliphatic rings. The number of amides is 1. The van der Waals surface area contributed by atoms with Gasteiger partial charge in [-0.05, 0) is 25.3 Å². The number of H-pyrrole nitrogens is 1. The number of hydrogen-bond acceptors (Lipinski definition) is 8. The van der Waals surface area contributed by atoms with E-state index in [1.54, 1.807) is 5.10 Å². The molecule has 1 fully saturated rings. The maximum absolute atomic E-state index is 14.5. The van der Waals surface area contributed by atoms with E-state index >= 15 is 0 Å². The summed E-state index contributed by atoms with van der Waals surface area (Å²) in [5.74, 6) is -2.30. The largest absolute Gasteiger partial charge is 0.423 e. The van der Waals surface area contributed by atoms with Crippen molar-refractivity contribution in [3.63, 3.8) is 0 Å². The number of nitrogens with zero attached hydrogens (tertiary/aromatic N) is 4. The van der Waals surface area contributed by atoms with Crippen molar-refractivity contribution in [1.29, 1.82) is 0 Å². The number of hydroxylamine groups is 1. The summed E-state index contributed by atoms with van der Waals surface area (Å²) >= 11 is 0. The molecule has 0 bridgehead atoms. The lowest BCUT2D eigenvalue weighted by Crippen LogP contribution is -2.35. The number of rotatable bonds is 7. The lowest BCUT2D eigenvalue weighted by molar-refractivity contribution is -0.139. The van der Waals surface area contributed by atoms with Crippen LogP contribution in [-0.2, 0) is 22.0 Å². The predicted molar refractivity (Wildman–Crippen MR) is 114 cm³/mol. The quantitative estimate of drug-likeness (QED) is 0.279. The van der Waals surface area contributed by atoms with Gasteiger partial charge in [0.2, 0.25) is 5.95 Å². The van der Waals surface area contributed by atoms with E-state index in [-0.39, 0.29) is 37.5 Å². The van der Waals surface area contributed by atoms with Gasteiger partial charge >= 0.3 is 18.3 Å². The second-order valence-electron chi connectivity index (χ2n) is 7.95. The zero-order valence-corrected chi connectivity index (χ0v) is 19.0. The predicted octanol–water partition coefficient (Wildman–Crippen LogP) is 2.97. The molecular weight excluding hydrogens is 519 g/mol. The topological polar surface area (TPSA) is 125 Å². The lowest BCUT2D eigenvalue weighted by Gasteiger charge is -2.28. The SMILES string of the molecule is C[C@@H](CONC(=O)C(F)=C1CCN(c2ncc(C(F)(F)F)cn2)CC1)Nc1cn[nH]c(=O)c1C(F)(F)F. The van der Waals surface area contributed by atoms with Gasteiger partial charge in [-0.25, -0.2) is 24.9 Å². The standard InChI is InChI=1S/C20H20F7N7O3/c1-10(31-13-8-30-32-16(35)14(13)20(25,26)27)9-37-33-17(36)15(21)11-2-4-34(5-3-11)18-28-6-12(7-29-18)19(22,23)24/h6-8,10H,2-5,9H2,1H3,(H,33,36)(H2,31,32,35)/t10-/m0/s1. The molecule has 1 amide bonds. The van der Waals surface area contributed by atoms with Crippen LogP contribution in [0.25, 0.3) is 0 Å². The number of carbonyl (C=O) groups is 1. The highest BCUT2D eigenvalue weighted by atomic mass is 19.4. The maximum atomic E-state index is 14.5. The summed E-state index contributed by atoms with van der Waals surface area (Å²) in [6.45, 7) is 1.29. The minimum atomic E-state index is -4.95. The van der Waals surface area contributed by atoms with Crippen LogP contribution in [0.1, 0.15) is 30.9 Å². The number of alkyl halides is 6. The molecule has 0 radical (unpaired) electrons. The Hall–Kier alpha value is -3.76. The summed E-state index contributed by atoms with van der Waals surface area (Å²) < 4.78 is 91.7. The fourth-order valence-corrected chi connectivity index (χ4v) is 3.36. The van der Waals surface area contributed by atoms with Gasteiger partial charge in [0.1, 0.15) is 5.56 Å². The van der Waals surface area contributed by atoms with E-state index in [4.69, 9.17) is 4.84 Å². The molecular formula is C20H20F7N7O3. The molecule has 0 spiro atoms. The third-order valence-electron chi connectivity index (χ3n) is 5.16. The Morgan fingerprint density at radius 3 is 2.30 bits per heavy atom. The summed E-state index contributed by atoms with van der Waals surface area (Å²) in [6, 6.07) is -0.854. The first-order valence-corrected chi connectivity index (χ1v) is 10.6. The number of aromatic nitrogens is 4. The van der Waals surface area contributed by atoms with Gasteiger partial charge in [0, 0.05) is 31.5 Å². The van der Waals surface area contributed by atoms with E-state index in [0.717, 1.165) is 6.20 Å². The molecule has 17 heteroatoms. The smallest absolute Gasteiger partial charge is 0.378 e. The van der Waals surface area contributed by atoms with Crippen LogP contribution in [0.15, 0.2) is 34.8 Å². The third-order valence-corrected chi connectivity index (χ3v) is 5.16. The summed E-state index contributed by atoms with van der Waals surface area (Å²) in [5.41, 5.74) is -2.54. The molecule has 2 aromatic heterocycles. The van der Waals surface area contributed by atoms with Crippen molar-refractivity contribution < 1.29 is 40.4 Å². The van der Waals surface area contributed by atoms with Gasteiger partial charge in [-0.1, -0.05) is 0 Å². The molecule has 1 saturated heterocycles. The van der Waals surface area contributed by atoms with E-state index in [1.165, 1.54) is 11.8 Å². The van der Waals surface area contributed by atoms with Crippen LogP contribution < -0.4 is 21.3 Å². The van der Waals surface area contributed by atoms with Gasteiger partial charge in [-0.3, -0.25) is 14.4 Å². The van der Waals surface area contributed by atoms with Crippen LogP contribution in [0.5, 0.6) is 0 Å². The Balaban J connectivity index is 1.50. The highest BCUT2D eigenvalue weighted by molar-refractivity contribution is 5.91. The van der Waals surface area contributed by atoms with Crippen molar-refractivity contribution in [2.75, 3.05) is 29.9 Å². The molecule has 0 saturated carbocycles. The van der Waals surface area contributed by atoms with Crippen molar-refractivity contribution >= 4 is 17.5 Å². The van der Waals surface area contributed by atoms with E-state index in [1.807, 2.05) is 5.48 Å². The first-order valence-electron chi connectivity index (χ1n) is 10.6. The number of nitrogens with one attached hydrogen (secondary N) is 3. The van der Waals surface area contributed by atoms with E-state index in [2.05, 4.69) is 20.4 Å². The summed E-state index contributed by atoms with van der Waals surface area (Å²) in [4.78, 5) is 37.3. The zero-order chi connectivity index (χ0) is 27.4. The first-order chi connectivity index (χ1) is 17.3. The van der Waals surface area contributed by atoms with Gasteiger partial charge in [-0.15, -0.1) is 0 Å². The lowest BCUT2D eigenvalue weighted by atomic mass is 10.0. The molecule has 0 aliphatic carbocycles. The number of piperidine rings is 1. The third kappa shape index (κ3) is 7.14. The Kier molecular flexibility index (Phi) is 8.35. The fraction of sp³-hybridized carbons (Fsp3) is 0.450. The Labute approximate surface area is 203 Å². The number of anilines is 2. The highest BCUT2D eigenvalue weighted by Crippen LogP contribution is 2.32. The minimum Gasteiger partial charge on any atom is -0.378 e. The molecule has 202 valence electrons. The van der Waals surface area contributed by atoms with Crippen molar-refractivity contribution in [2.45, 2.75) is 38.2 Å². The second-order valence-corrected chi connectivity index (χ2v) is 7.95. The number of halogens is 7. The Morgan fingerprint density at radius 2 is 1.73 bits per heavy atom. The fourth-order valence-electron chi connectivity index (χ4n) is 3.36. The maximum Gasteiger partial charge on any atom is 0.423 e. The summed E-state index contributed by atoms with van der Waals surface area (Å²) in [5, 5.41) is 7.39. The van der Waals surface area contributed by atoms with Crippen LogP contribution >= 0.6 is 0 Å². The average Bonchev–Trinajstić information content (AvgIpc) is 2.82. The van der Waals surface area contributed by atoms with Crippen LogP contribution in [0.3, 0.4) is 0 Å².